The highest BCUT2D eigenvalue weighted by Gasteiger charge is 2.09. The van der Waals surface area contributed by atoms with Crippen LogP contribution in [0.15, 0.2) is 45.7 Å². The Hall–Kier alpha value is -2.08. The van der Waals surface area contributed by atoms with E-state index in [1.54, 1.807) is 18.2 Å². The molecular weight excluding hydrogens is 282 g/mol. The molecule has 0 amide bonds. The lowest BCUT2D eigenvalue weighted by molar-refractivity contribution is 0.554. The predicted molar refractivity (Wildman–Crippen MR) is 74.3 cm³/mol. The number of aromatic nitrogens is 1. The number of nitrogens with two attached hydrogens (primary N) is 1. The van der Waals surface area contributed by atoms with Gasteiger partial charge >= 0.3 is 0 Å². The third-order valence-corrected chi connectivity index (χ3v) is 3.73. The molecule has 0 saturated carbocycles. The Morgan fingerprint density at radius 3 is 2.80 bits per heavy atom. The molecule has 0 fully saturated rings. The molecule has 0 spiro atoms. The van der Waals surface area contributed by atoms with E-state index in [1.807, 2.05) is 0 Å². The molecular formula is C14H10F2N2OS. The fourth-order valence-corrected chi connectivity index (χ4v) is 2.55. The van der Waals surface area contributed by atoms with Crippen LogP contribution in [-0.2, 0) is 5.75 Å². The summed E-state index contributed by atoms with van der Waals surface area (Å²) in [5.74, 6) is -0.351. The van der Waals surface area contributed by atoms with E-state index in [0.717, 1.165) is 6.07 Å². The zero-order chi connectivity index (χ0) is 14.1. The summed E-state index contributed by atoms with van der Waals surface area (Å²) in [6, 6.07) is 8.66. The molecule has 2 N–H and O–H groups in total. The molecule has 102 valence electrons. The van der Waals surface area contributed by atoms with E-state index < -0.39 is 11.6 Å². The molecule has 1 heterocycles. The molecule has 0 aliphatic heterocycles. The second kappa shape index (κ2) is 5.13. The smallest absolute Gasteiger partial charge is 0.205 e. The molecule has 0 saturated heterocycles. The number of hydrogen-bond acceptors (Lipinski definition) is 4. The maximum atomic E-state index is 13.5. The first kappa shape index (κ1) is 12.9. The molecule has 0 radical (unpaired) electrons. The molecule has 20 heavy (non-hydrogen) atoms. The average Bonchev–Trinajstić information content (AvgIpc) is 2.79. The van der Waals surface area contributed by atoms with Gasteiger partial charge in [0.25, 0.3) is 0 Å². The van der Waals surface area contributed by atoms with Gasteiger partial charge in [-0.3, -0.25) is 0 Å². The number of thioether (sulfide) groups is 1. The lowest BCUT2D eigenvalue weighted by Crippen LogP contribution is -1.85. The van der Waals surface area contributed by atoms with Crippen molar-refractivity contribution < 1.29 is 13.2 Å². The molecule has 0 atom stereocenters. The average molecular weight is 292 g/mol. The zero-order valence-corrected chi connectivity index (χ0v) is 11.1. The number of halogens is 2. The van der Waals surface area contributed by atoms with Crippen molar-refractivity contribution in [3.63, 3.8) is 0 Å². The molecule has 3 aromatic rings. The lowest BCUT2D eigenvalue weighted by atomic mass is 10.3. The van der Waals surface area contributed by atoms with Crippen LogP contribution in [0.3, 0.4) is 0 Å². The quantitative estimate of drug-likeness (QED) is 0.586. The monoisotopic (exact) mass is 292 g/mol. The van der Waals surface area contributed by atoms with Crippen molar-refractivity contribution in [2.75, 3.05) is 5.73 Å². The first-order valence-electron chi connectivity index (χ1n) is 5.84. The first-order chi connectivity index (χ1) is 9.61. The van der Waals surface area contributed by atoms with E-state index in [1.165, 1.54) is 23.9 Å². The van der Waals surface area contributed by atoms with Crippen molar-refractivity contribution in [3.05, 3.63) is 53.9 Å². The van der Waals surface area contributed by atoms with Crippen LogP contribution in [0.1, 0.15) is 5.89 Å². The SMILES string of the molecule is Nc1ccc2oc(CSc3ccc(F)cc3F)nc2c1. The van der Waals surface area contributed by atoms with Crippen LogP contribution in [-0.4, -0.2) is 4.98 Å². The van der Waals surface area contributed by atoms with Crippen molar-refractivity contribution in [2.24, 2.45) is 0 Å². The van der Waals surface area contributed by atoms with Gasteiger partial charge in [0, 0.05) is 16.6 Å². The summed E-state index contributed by atoms with van der Waals surface area (Å²) < 4.78 is 31.8. The molecule has 1 aromatic heterocycles. The Bertz CT molecular complexity index is 773. The molecule has 2 aromatic carbocycles. The van der Waals surface area contributed by atoms with Gasteiger partial charge < -0.3 is 10.2 Å². The third kappa shape index (κ3) is 2.60. The van der Waals surface area contributed by atoms with Crippen molar-refractivity contribution in [1.29, 1.82) is 0 Å². The Kier molecular flexibility index (Phi) is 3.31. The van der Waals surface area contributed by atoms with Crippen LogP contribution in [0.4, 0.5) is 14.5 Å². The summed E-state index contributed by atoms with van der Waals surface area (Å²) in [4.78, 5) is 4.63. The van der Waals surface area contributed by atoms with Crippen molar-refractivity contribution in [2.45, 2.75) is 10.6 Å². The van der Waals surface area contributed by atoms with Gasteiger partial charge in [0.15, 0.2) is 5.58 Å². The minimum atomic E-state index is -0.593. The summed E-state index contributed by atoms with van der Waals surface area (Å²) in [5, 5.41) is 0. The molecule has 0 unspecified atom stereocenters. The third-order valence-electron chi connectivity index (χ3n) is 2.70. The van der Waals surface area contributed by atoms with E-state index in [2.05, 4.69) is 4.98 Å². The van der Waals surface area contributed by atoms with Crippen LogP contribution in [0.25, 0.3) is 11.1 Å². The van der Waals surface area contributed by atoms with Gasteiger partial charge in [-0.1, -0.05) is 0 Å². The van der Waals surface area contributed by atoms with Gasteiger partial charge in [-0.2, -0.15) is 0 Å². The molecule has 0 bridgehead atoms. The van der Waals surface area contributed by atoms with E-state index in [4.69, 9.17) is 10.2 Å². The fourth-order valence-electron chi connectivity index (χ4n) is 1.79. The minimum Gasteiger partial charge on any atom is -0.440 e. The van der Waals surface area contributed by atoms with Crippen molar-refractivity contribution in [1.82, 2.24) is 4.98 Å². The minimum absolute atomic E-state index is 0.355. The normalized spacial score (nSPS) is 11.1. The molecule has 6 heteroatoms. The summed E-state index contributed by atoms with van der Waals surface area (Å²) in [6.45, 7) is 0. The second-order valence-electron chi connectivity index (χ2n) is 4.20. The van der Waals surface area contributed by atoms with E-state index >= 15 is 0 Å². The van der Waals surface area contributed by atoms with Gasteiger partial charge in [0.1, 0.15) is 17.2 Å². The molecule has 3 rings (SSSR count). The number of nitrogen functional groups attached to an aromatic ring is 1. The van der Waals surface area contributed by atoms with Gasteiger partial charge in [0.2, 0.25) is 5.89 Å². The molecule has 0 aliphatic rings. The van der Waals surface area contributed by atoms with Crippen LogP contribution >= 0.6 is 11.8 Å². The van der Waals surface area contributed by atoms with E-state index in [9.17, 15) is 8.78 Å². The van der Waals surface area contributed by atoms with Crippen LogP contribution < -0.4 is 5.73 Å². The topological polar surface area (TPSA) is 52.0 Å². The van der Waals surface area contributed by atoms with Crippen LogP contribution in [0, 0.1) is 11.6 Å². The van der Waals surface area contributed by atoms with Gasteiger partial charge in [-0.25, -0.2) is 13.8 Å². The highest BCUT2D eigenvalue weighted by molar-refractivity contribution is 7.98. The van der Waals surface area contributed by atoms with Crippen molar-refractivity contribution in [3.8, 4) is 0 Å². The Labute approximate surface area is 117 Å². The summed E-state index contributed by atoms with van der Waals surface area (Å²) in [6.07, 6.45) is 0. The summed E-state index contributed by atoms with van der Waals surface area (Å²) in [5.41, 5.74) is 7.57. The first-order valence-corrected chi connectivity index (χ1v) is 6.83. The van der Waals surface area contributed by atoms with Crippen LogP contribution in [0.2, 0.25) is 0 Å². The number of nitrogens with zero attached hydrogens (tertiary/aromatic N) is 1. The Morgan fingerprint density at radius 1 is 1.15 bits per heavy atom. The molecule has 3 nitrogen and oxygen atoms in total. The highest BCUT2D eigenvalue weighted by Crippen LogP contribution is 2.27. The van der Waals surface area contributed by atoms with Gasteiger partial charge in [-0.15, -0.1) is 11.8 Å². The fraction of sp³-hybridized carbons (Fsp3) is 0.0714. The number of fused-ring (bicyclic) bond motifs is 1. The second-order valence-corrected chi connectivity index (χ2v) is 5.22. The molecule has 0 aliphatic carbocycles. The number of rotatable bonds is 3. The maximum Gasteiger partial charge on any atom is 0.205 e. The van der Waals surface area contributed by atoms with E-state index in [-0.39, 0.29) is 0 Å². The van der Waals surface area contributed by atoms with Crippen molar-refractivity contribution >= 4 is 28.5 Å². The summed E-state index contributed by atoms with van der Waals surface area (Å²) >= 11 is 1.20. The predicted octanol–water partition coefficient (Wildman–Crippen LogP) is 3.98. The van der Waals surface area contributed by atoms with Gasteiger partial charge in [0.05, 0.1) is 5.75 Å². The largest absolute Gasteiger partial charge is 0.440 e. The number of oxazole rings is 1. The number of hydrogen-bond donors (Lipinski definition) is 1. The van der Waals surface area contributed by atoms with Gasteiger partial charge in [-0.05, 0) is 30.3 Å². The number of benzene rings is 2. The Morgan fingerprint density at radius 2 is 2.00 bits per heavy atom. The highest BCUT2D eigenvalue weighted by atomic mass is 32.2. The summed E-state index contributed by atoms with van der Waals surface area (Å²) in [7, 11) is 0. The lowest BCUT2D eigenvalue weighted by Gasteiger charge is -2.00. The van der Waals surface area contributed by atoms with E-state index in [0.29, 0.717) is 33.3 Å². The maximum absolute atomic E-state index is 13.5. The standard InChI is InChI=1S/C14H10F2N2OS/c15-8-1-4-13(10(16)5-8)20-7-14-18-11-6-9(17)2-3-12(11)19-14/h1-6H,7,17H2. The Balaban J connectivity index is 1.79. The number of anilines is 1. The van der Waals surface area contributed by atoms with Crippen LogP contribution in [0.5, 0.6) is 0 Å². The zero-order valence-electron chi connectivity index (χ0n) is 10.3.